The molecule has 0 aliphatic carbocycles. The van der Waals surface area contributed by atoms with Gasteiger partial charge in [-0.25, -0.2) is 0 Å². The fourth-order valence-corrected chi connectivity index (χ4v) is 5.56. The van der Waals surface area contributed by atoms with Crippen molar-refractivity contribution in [2.24, 2.45) is 5.41 Å². The summed E-state index contributed by atoms with van der Waals surface area (Å²) < 4.78 is 16.7. The lowest BCUT2D eigenvalue weighted by atomic mass is 9.70. The molecule has 2 aliphatic rings. The summed E-state index contributed by atoms with van der Waals surface area (Å²) in [6, 6.07) is 15.4. The summed E-state index contributed by atoms with van der Waals surface area (Å²) >= 11 is 0. The first kappa shape index (κ1) is 20.0. The Bertz CT molecular complexity index is 840. The minimum atomic E-state index is -0.0753. The second-order valence-electron chi connectivity index (χ2n) is 8.30. The van der Waals surface area contributed by atoms with Gasteiger partial charge in [-0.15, -0.1) is 0 Å². The van der Waals surface area contributed by atoms with Crippen molar-refractivity contribution >= 4 is 0 Å². The molecule has 2 aliphatic heterocycles. The summed E-state index contributed by atoms with van der Waals surface area (Å²) in [5.74, 6) is 2.04. The molecule has 2 aromatic rings. The maximum Gasteiger partial charge on any atom is 0.203 e. The molecule has 2 fully saturated rings. The Labute approximate surface area is 173 Å². The zero-order chi connectivity index (χ0) is 20.4. The molecular weight excluding hydrogens is 366 g/mol. The summed E-state index contributed by atoms with van der Waals surface area (Å²) in [5, 5.41) is 10.4. The van der Waals surface area contributed by atoms with Crippen molar-refractivity contribution in [2.75, 3.05) is 27.9 Å². The van der Waals surface area contributed by atoms with E-state index in [1.165, 1.54) is 12.0 Å². The third-order valence-corrected chi connectivity index (χ3v) is 6.84. The summed E-state index contributed by atoms with van der Waals surface area (Å²) in [7, 11) is 4.95. The Kier molecular flexibility index (Phi) is 5.70. The first-order chi connectivity index (χ1) is 14.2. The van der Waals surface area contributed by atoms with Gasteiger partial charge in [-0.2, -0.15) is 0 Å². The van der Waals surface area contributed by atoms with Crippen molar-refractivity contribution in [1.29, 1.82) is 0 Å². The van der Waals surface area contributed by atoms with E-state index in [-0.39, 0.29) is 12.0 Å². The maximum atomic E-state index is 10.4. The van der Waals surface area contributed by atoms with Gasteiger partial charge in [0.2, 0.25) is 5.75 Å². The molecule has 0 radical (unpaired) electrons. The van der Waals surface area contributed by atoms with Crippen LogP contribution in [0.15, 0.2) is 42.5 Å². The van der Waals surface area contributed by atoms with Crippen LogP contribution in [0.2, 0.25) is 0 Å². The number of hydrogen-bond acceptors (Lipinski definition) is 5. The number of nitrogens with zero attached hydrogens (tertiary/aromatic N) is 1. The van der Waals surface area contributed by atoms with Crippen LogP contribution in [0.25, 0.3) is 0 Å². The molecule has 5 heteroatoms. The monoisotopic (exact) mass is 397 g/mol. The van der Waals surface area contributed by atoms with Gasteiger partial charge in [0, 0.05) is 29.6 Å². The summed E-state index contributed by atoms with van der Waals surface area (Å²) in [5.41, 5.74) is 2.32. The average molecular weight is 398 g/mol. The molecule has 1 N–H and O–H groups in total. The molecule has 2 saturated heterocycles. The van der Waals surface area contributed by atoms with Crippen molar-refractivity contribution in [3.63, 3.8) is 0 Å². The highest BCUT2D eigenvalue weighted by atomic mass is 16.5. The fraction of sp³-hybridized carbons (Fsp3) is 0.500. The van der Waals surface area contributed by atoms with Crippen LogP contribution in [0, 0.1) is 5.41 Å². The molecular formula is C24H31NO4. The zero-order valence-electron chi connectivity index (χ0n) is 17.6. The van der Waals surface area contributed by atoms with E-state index in [0.717, 1.165) is 37.1 Å². The number of ether oxygens (including phenoxy) is 3. The van der Waals surface area contributed by atoms with E-state index in [1.807, 2.05) is 12.1 Å². The number of methoxy groups -OCH3 is 3. The minimum absolute atomic E-state index is 0.0753. The van der Waals surface area contributed by atoms with Gasteiger partial charge < -0.3 is 19.3 Å². The normalized spacial score (nSPS) is 25.9. The lowest BCUT2D eigenvalue weighted by Crippen LogP contribution is -2.41. The summed E-state index contributed by atoms with van der Waals surface area (Å²) in [4.78, 5) is 2.57. The maximum absolute atomic E-state index is 10.4. The fourth-order valence-electron chi connectivity index (χ4n) is 5.56. The second-order valence-corrected chi connectivity index (χ2v) is 8.30. The van der Waals surface area contributed by atoms with Gasteiger partial charge in [0.15, 0.2) is 11.5 Å². The van der Waals surface area contributed by atoms with Crippen LogP contribution in [0.5, 0.6) is 17.2 Å². The third-order valence-electron chi connectivity index (χ3n) is 6.84. The predicted octanol–water partition coefficient (Wildman–Crippen LogP) is 3.67. The molecule has 2 aromatic carbocycles. The lowest BCUT2D eigenvalue weighted by molar-refractivity contribution is 0.0748. The molecule has 0 amide bonds. The standard InChI is InChI=1S/C24H31NO4/c1-27-20-11-9-18(22(28-2)23(20)29-3)15-25-19-10-12-21(25)24(14-19,16-26)13-17-7-5-4-6-8-17/h4-9,11,19,21,26H,10,12-16H2,1-3H3/t19-,21+,24-/m0/s1. The lowest BCUT2D eigenvalue weighted by Gasteiger charge is -2.36. The van der Waals surface area contributed by atoms with Crippen LogP contribution in [-0.2, 0) is 13.0 Å². The van der Waals surface area contributed by atoms with E-state index in [4.69, 9.17) is 14.2 Å². The minimum Gasteiger partial charge on any atom is -0.493 e. The smallest absolute Gasteiger partial charge is 0.203 e. The molecule has 4 rings (SSSR count). The van der Waals surface area contributed by atoms with E-state index >= 15 is 0 Å². The summed E-state index contributed by atoms with van der Waals surface area (Å²) in [6.45, 7) is 1.01. The molecule has 3 atom stereocenters. The molecule has 0 unspecified atom stereocenters. The average Bonchev–Trinajstić information content (AvgIpc) is 3.28. The molecule has 5 nitrogen and oxygen atoms in total. The van der Waals surface area contributed by atoms with Crippen LogP contribution < -0.4 is 14.2 Å². The highest BCUT2D eigenvalue weighted by Crippen LogP contribution is 2.52. The van der Waals surface area contributed by atoms with Crippen LogP contribution >= 0.6 is 0 Å². The molecule has 0 spiro atoms. The molecule has 29 heavy (non-hydrogen) atoms. The number of benzene rings is 2. The van der Waals surface area contributed by atoms with E-state index in [0.29, 0.717) is 23.6 Å². The molecule has 2 heterocycles. The van der Waals surface area contributed by atoms with Gasteiger partial charge in [-0.05, 0) is 37.3 Å². The van der Waals surface area contributed by atoms with E-state index in [1.54, 1.807) is 21.3 Å². The van der Waals surface area contributed by atoms with E-state index in [9.17, 15) is 5.11 Å². The summed E-state index contributed by atoms with van der Waals surface area (Å²) in [6.07, 6.45) is 4.29. The van der Waals surface area contributed by atoms with Crippen molar-refractivity contribution in [3.8, 4) is 17.2 Å². The Balaban J connectivity index is 1.61. The molecule has 156 valence electrons. The highest BCUT2D eigenvalue weighted by molar-refractivity contribution is 5.55. The molecule has 0 aromatic heterocycles. The van der Waals surface area contributed by atoms with Gasteiger partial charge in [-0.1, -0.05) is 36.4 Å². The van der Waals surface area contributed by atoms with Crippen molar-refractivity contribution in [1.82, 2.24) is 4.90 Å². The Morgan fingerprint density at radius 2 is 1.72 bits per heavy atom. The van der Waals surface area contributed by atoms with E-state index in [2.05, 4.69) is 35.2 Å². The highest BCUT2D eigenvalue weighted by Gasteiger charge is 2.55. The third kappa shape index (κ3) is 3.47. The number of fused-ring (bicyclic) bond motifs is 2. The number of aliphatic hydroxyl groups is 1. The largest absolute Gasteiger partial charge is 0.493 e. The SMILES string of the molecule is COc1ccc(CN2[C@H]3CC[C@@H]2[C@@](CO)(Cc2ccccc2)C3)c(OC)c1OC. The van der Waals surface area contributed by atoms with Crippen LogP contribution in [0.1, 0.15) is 30.4 Å². The first-order valence-corrected chi connectivity index (χ1v) is 10.3. The van der Waals surface area contributed by atoms with Crippen molar-refractivity contribution in [2.45, 2.75) is 44.3 Å². The van der Waals surface area contributed by atoms with Gasteiger partial charge in [-0.3, -0.25) is 4.90 Å². The Hall–Kier alpha value is -2.24. The van der Waals surface area contributed by atoms with Crippen molar-refractivity contribution < 1.29 is 19.3 Å². The van der Waals surface area contributed by atoms with Crippen LogP contribution in [-0.4, -0.2) is 50.0 Å². The predicted molar refractivity (Wildman–Crippen MR) is 113 cm³/mol. The second kappa shape index (κ2) is 8.25. The Morgan fingerprint density at radius 1 is 0.966 bits per heavy atom. The number of hydrogen-bond donors (Lipinski definition) is 1. The van der Waals surface area contributed by atoms with Crippen molar-refractivity contribution in [3.05, 3.63) is 53.6 Å². The topological polar surface area (TPSA) is 51.2 Å². The first-order valence-electron chi connectivity index (χ1n) is 10.3. The van der Waals surface area contributed by atoms with Gasteiger partial charge in [0.1, 0.15) is 0 Å². The van der Waals surface area contributed by atoms with Crippen LogP contribution in [0.3, 0.4) is 0 Å². The van der Waals surface area contributed by atoms with Gasteiger partial charge in [0.25, 0.3) is 0 Å². The zero-order valence-corrected chi connectivity index (χ0v) is 17.6. The molecule has 2 bridgehead atoms. The van der Waals surface area contributed by atoms with E-state index < -0.39 is 0 Å². The number of aliphatic hydroxyl groups excluding tert-OH is 1. The quantitative estimate of drug-likeness (QED) is 0.737. The molecule has 0 saturated carbocycles. The van der Waals surface area contributed by atoms with Gasteiger partial charge in [0.05, 0.1) is 27.9 Å². The van der Waals surface area contributed by atoms with Gasteiger partial charge >= 0.3 is 0 Å². The Morgan fingerprint density at radius 3 is 2.38 bits per heavy atom. The van der Waals surface area contributed by atoms with Crippen LogP contribution in [0.4, 0.5) is 0 Å². The number of rotatable bonds is 8.